The molecule has 0 heterocycles. The van der Waals surface area contributed by atoms with Gasteiger partial charge in [0.15, 0.2) is 0 Å². The van der Waals surface area contributed by atoms with Crippen LogP contribution in [0.2, 0.25) is 0 Å². The molecule has 0 aliphatic carbocycles. The van der Waals surface area contributed by atoms with Crippen LogP contribution >= 0.6 is 0 Å². The summed E-state index contributed by atoms with van der Waals surface area (Å²) in [7, 11) is 1.56. The number of quaternary nitrogens is 1. The van der Waals surface area contributed by atoms with Gasteiger partial charge in [-0.1, -0.05) is 0 Å². The van der Waals surface area contributed by atoms with Crippen LogP contribution in [0.1, 0.15) is 13.8 Å². The molecule has 0 amide bonds. The molecule has 2 atom stereocenters. The highest BCUT2D eigenvalue weighted by molar-refractivity contribution is 4.19. The third-order valence-electron chi connectivity index (χ3n) is 1.45. The van der Waals surface area contributed by atoms with Gasteiger partial charge >= 0.3 is 0 Å². The molecule has 0 bridgehead atoms. The van der Waals surface area contributed by atoms with E-state index in [1.54, 1.807) is 14.0 Å². The van der Waals surface area contributed by atoms with Gasteiger partial charge in [0.25, 0.3) is 0 Å². The fraction of sp³-hybridized carbons (Fsp3) is 1.00. The topological polar surface area (TPSA) is 40.5 Å². The summed E-state index contributed by atoms with van der Waals surface area (Å²) in [6.07, 6.45) is -0.694. The van der Waals surface area contributed by atoms with Crippen molar-refractivity contribution in [2.45, 2.75) is 20.1 Å². The molecule has 0 radical (unpaired) electrons. The maximum absolute atomic E-state index is 9.09. The summed E-state index contributed by atoms with van der Waals surface area (Å²) in [5.41, 5.74) is 0. The zero-order chi connectivity index (χ0) is 6.78. The lowest BCUT2D eigenvalue weighted by atomic mass is 10.5. The van der Waals surface area contributed by atoms with Crippen LogP contribution in [0.4, 0.5) is 0 Å². The maximum atomic E-state index is 9.09. The number of hydrogen-bond acceptors (Lipinski definition) is 2. The lowest BCUT2D eigenvalue weighted by molar-refractivity contribution is -1.12. The Morgan fingerprint density at radius 3 is 2.00 bits per heavy atom. The lowest BCUT2D eigenvalue weighted by Gasteiger charge is -2.26. The summed E-state index contributed by atoms with van der Waals surface area (Å²) in [6, 6.07) is 0. The highest BCUT2D eigenvalue weighted by Crippen LogP contribution is 1.99. The molecule has 0 saturated heterocycles. The van der Waals surface area contributed by atoms with E-state index < -0.39 is 6.23 Å². The number of hydroxylamine groups is 3. The standard InChI is InChI=1S/C5H14NO2/c1-4-6(3,8)5(2)7/h5,7-8H,4H2,1-3H3/q+1. The molecule has 0 fully saturated rings. The molecule has 2 N–H and O–H groups in total. The third-order valence-corrected chi connectivity index (χ3v) is 1.45. The first-order chi connectivity index (χ1) is 3.50. The lowest BCUT2D eigenvalue weighted by Crippen LogP contribution is -2.47. The molecule has 0 aliphatic rings. The van der Waals surface area contributed by atoms with Gasteiger partial charge in [0, 0.05) is 6.92 Å². The predicted molar refractivity (Wildman–Crippen MR) is 30.2 cm³/mol. The first kappa shape index (κ1) is 7.88. The summed E-state index contributed by atoms with van der Waals surface area (Å²) < 4.78 is -0.319. The average Bonchev–Trinajstić information content (AvgIpc) is 1.67. The Morgan fingerprint density at radius 1 is 1.62 bits per heavy atom. The summed E-state index contributed by atoms with van der Waals surface area (Å²) in [6.45, 7) is 3.90. The summed E-state index contributed by atoms with van der Waals surface area (Å²) in [5, 5.41) is 17.9. The average molecular weight is 120 g/mol. The van der Waals surface area contributed by atoms with Crippen molar-refractivity contribution in [1.29, 1.82) is 0 Å². The van der Waals surface area contributed by atoms with Crippen molar-refractivity contribution in [3.8, 4) is 0 Å². The maximum Gasteiger partial charge on any atom is 0.217 e. The van der Waals surface area contributed by atoms with Crippen molar-refractivity contribution in [3.05, 3.63) is 0 Å². The molecule has 0 aliphatic heterocycles. The Balaban J connectivity index is 3.71. The Labute approximate surface area is 49.7 Å². The molecule has 3 nitrogen and oxygen atoms in total. The first-order valence-electron chi connectivity index (χ1n) is 2.76. The molecular weight excluding hydrogens is 106 g/mol. The zero-order valence-electron chi connectivity index (χ0n) is 5.63. The van der Waals surface area contributed by atoms with E-state index >= 15 is 0 Å². The molecule has 0 spiro atoms. The van der Waals surface area contributed by atoms with Crippen LogP contribution in [0.5, 0.6) is 0 Å². The van der Waals surface area contributed by atoms with Crippen molar-refractivity contribution < 1.29 is 15.0 Å². The van der Waals surface area contributed by atoms with Crippen LogP contribution in [-0.4, -0.2) is 34.8 Å². The smallest absolute Gasteiger partial charge is 0.217 e. The summed E-state index contributed by atoms with van der Waals surface area (Å²) >= 11 is 0. The van der Waals surface area contributed by atoms with E-state index in [2.05, 4.69) is 0 Å². The molecule has 0 aromatic carbocycles. The fourth-order valence-electron chi connectivity index (χ4n) is 0.264. The minimum absolute atomic E-state index is 0.319. The van der Waals surface area contributed by atoms with Crippen LogP contribution in [0.3, 0.4) is 0 Å². The van der Waals surface area contributed by atoms with Gasteiger partial charge in [0.1, 0.15) is 13.6 Å². The minimum atomic E-state index is -0.694. The second-order valence-corrected chi connectivity index (χ2v) is 2.16. The minimum Gasteiger partial charge on any atom is -0.343 e. The van der Waals surface area contributed by atoms with Crippen molar-refractivity contribution in [1.82, 2.24) is 0 Å². The highest BCUT2D eigenvalue weighted by atomic mass is 16.6. The predicted octanol–water partition coefficient (Wildman–Crippen LogP) is 0.180. The molecule has 0 aromatic rings. The van der Waals surface area contributed by atoms with Crippen molar-refractivity contribution >= 4 is 0 Å². The van der Waals surface area contributed by atoms with E-state index in [9.17, 15) is 0 Å². The molecule has 50 valence electrons. The molecular formula is C5H14NO2+. The highest BCUT2D eigenvalue weighted by Gasteiger charge is 2.21. The van der Waals surface area contributed by atoms with Crippen molar-refractivity contribution in [3.63, 3.8) is 0 Å². The van der Waals surface area contributed by atoms with E-state index in [1.165, 1.54) is 0 Å². The second-order valence-electron chi connectivity index (χ2n) is 2.16. The largest absolute Gasteiger partial charge is 0.343 e. The number of aliphatic hydroxyl groups excluding tert-OH is 1. The molecule has 0 saturated carbocycles. The van der Waals surface area contributed by atoms with Gasteiger partial charge < -0.3 is 5.11 Å². The van der Waals surface area contributed by atoms with E-state index in [-0.39, 0.29) is 4.65 Å². The molecule has 2 unspecified atom stereocenters. The normalized spacial score (nSPS) is 22.1. The Morgan fingerprint density at radius 2 is 2.00 bits per heavy atom. The summed E-state index contributed by atoms with van der Waals surface area (Å²) in [5.74, 6) is 0. The SMILES string of the molecule is CC[N+](C)(O)C(C)O. The Kier molecular flexibility index (Phi) is 2.40. The van der Waals surface area contributed by atoms with Crippen LogP contribution < -0.4 is 0 Å². The zero-order valence-corrected chi connectivity index (χ0v) is 5.63. The van der Waals surface area contributed by atoms with Crippen LogP contribution in [0.15, 0.2) is 0 Å². The van der Waals surface area contributed by atoms with Gasteiger partial charge in [0.05, 0.1) is 0 Å². The second kappa shape index (κ2) is 2.44. The van der Waals surface area contributed by atoms with Gasteiger partial charge in [-0.15, -0.1) is 0 Å². The number of nitrogens with zero attached hydrogens (tertiary/aromatic N) is 1. The van der Waals surface area contributed by atoms with E-state index in [4.69, 9.17) is 10.3 Å². The van der Waals surface area contributed by atoms with Crippen molar-refractivity contribution in [2.75, 3.05) is 13.6 Å². The third kappa shape index (κ3) is 1.78. The van der Waals surface area contributed by atoms with Crippen LogP contribution in [0, 0.1) is 0 Å². The number of aliphatic hydroxyl groups is 1. The van der Waals surface area contributed by atoms with Gasteiger partial charge in [-0.2, -0.15) is 4.65 Å². The van der Waals surface area contributed by atoms with Gasteiger partial charge in [0.2, 0.25) is 6.23 Å². The van der Waals surface area contributed by atoms with Crippen LogP contribution in [0.25, 0.3) is 0 Å². The summed E-state index contributed by atoms with van der Waals surface area (Å²) in [4.78, 5) is 0. The van der Waals surface area contributed by atoms with Gasteiger partial charge in [-0.3, -0.25) is 0 Å². The fourth-order valence-corrected chi connectivity index (χ4v) is 0.264. The van der Waals surface area contributed by atoms with E-state index in [0.29, 0.717) is 6.54 Å². The molecule has 8 heavy (non-hydrogen) atoms. The van der Waals surface area contributed by atoms with E-state index in [1.807, 2.05) is 6.92 Å². The monoisotopic (exact) mass is 120 g/mol. The molecule has 0 rings (SSSR count). The van der Waals surface area contributed by atoms with Crippen LogP contribution in [-0.2, 0) is 0 Å². The Bertz CT molecular complexity index is 70.8. The molecule has 3 heteroatoms. The first-order valence-corrected chi connectivity index (χ1v) is 2.76. The van der Waals surface area contributed by atoms with Gasteiger partial charge in [-0.05, 0) is 6.92 Å². The Hall–Kier alpha value is -0.120. The van der Waals surface area contributed by atoms with E-state index in [0.717, 1.165) is 0 Å². The van der Waals surface area contributed by atoms with Gasteiger partial charge in [-0.25, -0.2) is 5.21 Å². The number of hydrogen-bond donors (Lipinski definition) is 2. The van der Waals surface area contributed by atoms with Crippen molar-refractivity contribution in [2.24, 2.45) is 0 Å². The number of rotatable bonds is 2. The molecule has 0 aromatic heterocycles. The quantitative estimate of drug-likeness (QED) is 0.310.